The monoisotopic (exact) mass is 351 g/mol. The van der Waals surface area contributed by atoms with Gasteiger partial charge in [-0.05, 0) is 68.1 Å². The fraction of sp³-hybridized carbons (Fsp3) is 0.650. The Morgan fingerprint density at radius 3 is 2.54 bits per heavy atom. The maximum absolute atomic E-state index is 12.1. The van der Waals surface area contributed by atoms with E-state index in [1.807, 2.05) is 19.1 Å². The van der Waals surface area contributed by atoms with Crippen molar-refractivity contribution in [1.82, 2.24) is 0 Å². The van der Waals surface area contributed by atoms with Crippen molar-refractivity contribution >= 4 is 17.6 Å². The summed E-state index contributed by atoms with van der Waals surface area (Å²) in [6, 6.07) is 7.61. The molecule has 3 nitrogen and oxygen atoms in total. The maximum atomic E-state index is 12.1. The van der Waals surface area contributed by atoms with Crippen LogP contribution in [0.5, 0.6) is 0 Å². The quantitative estimate of drug-likeness (QED) is 0.806. The molecule has 2 N–H and O–H groups in total. The number of benzene rings is 1. The van der Waals surface area contributed by atoms with Gasteiger partial charge in [-0.25, -0.2) is 0 Å². The number of carbonyl (C=O) groups is 1. The van der Waals surface area contributed by atoms with Crippen molar-refractivity contribution < 1.29 is 9.53 Å². The molecule has 0 amide bonds. The van der Waals surface area contributed by atoms with Gasteiger partial charge in [0.25, 0.3) is 0 Å². The van der Waals surface area contributed by atoms with Crippen LogP contribution in [-0.2, 0) is 16.0 Å². The van der Waals surface area contributed by atoms with Crippen molar-refractivity contribution in [3.05, 3.63) is 34.9 Å². The number of esters is 1. The van der Waals surface area contributed by atoms with Crippen molar-refractivity contribution in [3.63, 3.8) is 0 Å². The predicted octanol–water partition coefficient (Wildman–Crippen LogP) is 4.60. The predicted molar refractivity (Wildman–Crippen MR) is 99.0 cm³/mol. The molecule has 1 fully saturated rings. The van der Waals surface area contributed by atoms with Crippen LogP contribution in [-0.4, -0.2) is 18.1 Å². The summed E-state index contributed by atoms with van der Waals surface area (Å²) in [5, 5.41) is 0.764. The van der Waals surface area contributed by atoms with Crippen LogP contribution in [0.3, 0.4) is 0 Å². The topological polar surface area (TPSA) is 52.3 Å². The normalized spacial score (nSPS) is 28.8. The van der Waals surface area contributed by atoms with Crippen molar-refractivity contribution in [2.45, 2.75) is 65.0 Å². The molecule has 4 unspecified atom stereocenters. The fourth-order valence-electron chi connectivity index (χ4n) is 3.78. The Kier molecular flexibility index (Phi) is 7.12. The highest BCUT2D eigenvalue weighted by atomic mass is 35.5. The van der Waals surface area contributed by atoms with Gasteiger partial charge in [0, 0.05) is 5.02 Å². The standard InChI is InChI=1S/C20H30ClNO2/c1-13(2)11-18-14(3)24-20(23)19(22)6-4-5-16(18)12-15-7-9-17(21)10-8-15/h7-10,13-14,16,18-19H,4-6,11-12,22H2,1-3H3. The van der Waals surface area contributed by atoms with E-state index in [1.54, 1.807) is 0 Å². The summed E-state index contributed by atoms with van der Waals surface area (Å²) in [4.78, 5) is 12.1. The number of nitrogens with two attached hydrogens (primary N) is 1. The fourth-order valence-corrected chi connectivity index (χ4v) is 3.90. The van der Waals surface area contributed by atoms with E-state index in [4.69, 9.17) is 22.1 Å². The second-order valence-corrected chi connectivity index (χ2v) is 8.00. The van der Waals surface area contributed by atoms with Gasteiger partial charge in [0.1, 0.15) is 12.1 Å². The van der Waals surface area contributed by atoms with Crippen molar-refractivity contribution in [3.8, 4) is 0 Å². The molecule has 1 aliphatic heterocycles. The molecule has 0 aliphatic carbocycles. The average Bonchev–Trinajstić information content (AvgIpc) is 2.56. The first-order chi connectivity index (χ1) is 11.4. The van der Waals surface area contributed by atoms with Crippen LogP contribution in [0.1, 0.15) is 52.0 Å². The minimum atomic E-state index is -0.485. The number of halogens is 1. The van der Waals surface area contributed by atoms with Gasteiger partial charge < -0.3 is 10.5 Å². The third-order valence-electron chi connectivity index (χ3n) is 5.06. The molecule has 0 saturated carbocycles. The first-order valence-electron chi connectivity index (χ1n) is 9.07. The molecule has 1 heterocycles. The summed E-state index contributed by atoms with van der Waals surface area (Å²) in [6.45, 7) is 6.48. The van der Waals surface area contributed by atoms with E-state index in [1.165, 1.54) is 5.56 Å². The van der Waals surface area contributed by atoms with Gasteiger partial charge in [0.15, 0.2) is 0 Å². The lowest BCUT2D eigenvalue weighted by molar-refractivity contribution is -0.153. The lowest BCUT2D eigenvalue weighted by Gasteiger charge is -2.32. The minimum absolute atomic E-state index is 0.0960. The highest BCUT2D eigenvalue weighted by Gasteiger charge is 2.32. The lowest BCUT2D eigenvalue weighted by Crippen LogP contribution is -2.37. The third kappa shape index (κ3) is 5.49. The third-order valence-corrected chi connectivity index (χ3v) is 5.31. The average molecular weight is 352 g/mol. The largest absolute Gasteiger partial charge is 0.461 e. The molecule has 0 aromatic heterocycles. The van der Waals surface area contributed by atoms with Crippen molar-refractivity contribution in [1.29, 1.82) is 0 Å². The molecule has 2 rings (SSSR count). The summed E-state index contributed by atoms with van der Waals surface area (Å²) < 4.78 is 5.70. The van der Waals surface area contributed by atoms with Crippen LogP contribution < -0.4 is 5.73 Å². The van der Waals surface area contributed by atoms with Crippen LogP contribution in [0.15, 0.2) is 24.3 Å². The van der Waals surface area contributed by atoms with Crippen LogP contribution in [0.2, 0.25) is 5.02 Å². The number of rotatable bonds is 4. The SMILES string of the molecule is CC(C)CC1C(Cc2ccc(Cl)cc2)CCCC(N)C(=O)OC1C. The van der Waals surface area contributed by atoms with Gasteiger partial charge in [0.05, 0.1) is 0 Å². The molecule has 4 heteroatoms. The van der Waals surface area contributed by atoms with E-state index in [9.17, 15) is 4.79 Å². The van der Waals surface area contributed by atoms with E-state index < -0.39 is 6.04 Å². The Morgan fingerprint density at radius 1 is 1.25 bits per heavy atom. The second-order valence-electron chi connectivity index (χ2n) is 7.56. The van der Waals surface area contributed by atoms with Gasteiger partial charge in [-0.2, -0.15) is 0 Å². The summed E-state index contributed by atoms with van der Waals surface area (Å²) in [5.74, 6) is 1.17. The number of hydrogen-bond donors (Lipinski definition) is 1. The highest BCUT2D eigenvalue weighted by molar-refractivity contribution is 6.30. The Balaban J connectivity index is 2.20. The summed E-state index contributed by atoms with van der Waals surface area (Å²) in [5.41, 5.74) is 7.24. The zero-order valence-electron chi connectivity index (χ0n) is 15.0. The van der Waals surface area contributed by atoms with Crippen LogP contribution in [0.25, 0.3) is 0 Å². The molecule has 1 aromatic rings. The molecule has 0 radical (unpaired) electrons. The first-order valence-corrected chi connectivity index (χ1v) is 9.45. The van der Waals surface area contributed by atoms with Crippen molar-refractivity contribution in [2.75, 3.05) is 0 Å². The van der Waals surface area contributed by atoms with Gasteiger partial charge in [-0.1, -0.05) is 44.0 Å². The summed E-state index contributed by atoms with van der Waals surface area (Å²) in [7, 11) is 0. The van der Waals surface area contributed by atoms with Crippen LogP contribution in [0.4, 0.5) is 0 Å². The molecule has 4 atom stereocenters. The van der Waals surface area contributed by atoms with E-state index in [0.29, 0.717) is 24.2 Å². The van der Waals surface area contributed by atoms with E-state index in [0.717, 1.165) is 30.7 Å². The molecular weight excluding hydrogens is 322 g/mol. The number of ether oxygens (including phenoxy) is 1. The van der Waals surface area contributed by atoms with E-state index in [2.05, 4.69) is 26.0 Å². The van der Waals surface area contributed by atoms with E-state index in [-0.39, 0.29) is 12.1 Å². The lowest BCUT2D eigenvalue weighted by atomic mass is 9.76. The van der Waals surface area contributed by atoms with Gasteiger partial charge >= 0.3 is 5.97 Å². The van der Waals surface area contributed by atoms with E-state index >= 15 is 0 Å². The summed E-state index contributed by atoms with van der Waals surface area (Å²) >= 11 is 6.01. The molecular formula is C20H30ClNO2. The van der Waals surface area contributed by atoms with Crippen LogP contribution >= 0.6 is 11.6 Å². The van der Waals surface area contributed by atoms with Crippen molar-refractivity contribution in [2.24, 2.45) is 23.5 Å². The second kappa shape index (κ2) is 8.87. The molecule has 0 spiro atoms. The molecule has 134 valence electrons. The minimum Gasteiger partial charge on any atom is -0.461 e. The Hall–Kier alpha value is -1.06. The maximum Gasteiger partial charge on any atom is 0.323 e. The number of cyclic esters (lactones) is 1. The Morgan fingerprint density at radius 2 is 1.92 bits per heavy atom. The Labute approximate surface area is 150 Å². The smallest absolute Gasteiger partial charge is 0.323 e. The zero-order valence-corrected chi connectivity index (χ0v) is 15.8. The van der Waals surface area contributed by atoms with Crippen LogP contribution in [0, 0.1) is 17.8 Å². The number of carbonyl (C=O) groups excluding carboxylic acids is 1. The molecule has 1 aromatic carbocycles. The molecule has 24 heavy (non-hydrogen) atoms. The number of hydrogen-bond acceptors (Lipinski definition) is 3. The molecule has 0 bridgehead atoms. The first kappa shape index (κ1) is 19.3. The Bertz CT molecular complexity index is 529. The molecule has 1 saturated heterocycles. The van der Waals surface area contributed by atoms with Gasteiger partial charge in [0.2, 0.25) is 0 Å². The summed E-state index contributed by atoms with van der Waals surface area (Å²) in [6.07, 6.45) is 4.70. The van der Waals surface area contributed by atoms with Gasteiger partial charge in [-0.15, -0.1) is 0 Å². The van der Waals surface area contributed by atoms with Gasteiger partial charge in [-0.3, -0.25) is 4.79 Å². The molecule has 1 aliphatic rings. The zero-order chi connectivity index (χ0) is 17.7. The highest BCUT2D eigenvalue weighted by Crippen LogP contribution is 2.34.